The van der Waals surface area contributed by atoms with Crippen molar-refractivity contribution in [3.63, 3.8) is 0 Å². The highest BCUT2D eigenvalue weighted by Gasteiger charge is 2.06. The van der Waals surface area contributed by atoms with Crippen LogP contribution < -0.4 is 5.11 Å². The smallest absolute Gasteiger partial charge is 0.123 e. The third-order valence-corrected chi connectivity index (χ3v) is 3.64. The first-order valence-corrected chi connectivity index (χ1v) is 6.69. The average molecular weight is 260 g/mol. The average Bonchev–Trinajstić information content (AvgIpc) is 2.76. The molecule has 0 aliphatic heterocycles. The number of aliphatic carboxylic acids is 1. The summed E-state index contributed by atoms with van der Waals surface area (Å²) in [6, 6.07) is 8.22. The van der Waals surface area contributed by atoms with Gasteiger partial charge in [0.15, 0.2) is 0 Å². The van der Waals surface area contributed by atoms with Gasteiger partial charge in [-0.05, 0) is 11.5 Å². The zero-order chi connectivity index (χ0) is 13.1. The topological polar surface area (TPSA) is 53.0 Å². The molecule has 0 aliphatic carbocycles. The maximum absolute atomic E-state index is 10.5. The van der Waals surface area contributed by atoms with Crippen LogP contribution in [0.15, 0.2) is 29.6 Å². The van der Waals surface area contributed by atoms with Gasteiger partial charge in [0.2, 0.25) is 0 Å². The van der Waals surface area contributed by atoms with Crippen LogP contribution in [-0.2, 0) is 11.2 Å². The second kappa shape index (κ2) is 5.31. The van der Waals surface area contributed by atoms with Crippen molar-refractivity contribution in [1.29, 1.82) is 0 Å². The molecule has 18 heavy (non-hydrogen) atoms. The minimum atomic E-state index is -1.10. The fourth-order valence-electron chi connectivity index (χ4n) is 1.68. The molecule has 3 nitrogen and oxygen atoms in total. The van der Waals surface area contributed by atoms with Gasteiger partial charge in [-0.2, -0.15) is 0 Å². The normalized spacial score (nSPS) is 10.8. The lowest BCUT2D eigenvalue weighted by atomic mass is 10.0. The summed E-state index contributed by atoms with van der Waals surface area (Å²) in [5.74, 6) is -0.592. The van der Waals surface area contributed by atoms with E-state index in [1.807, 2.05) is 12.1 Å². The fourth-order valence-corrected chi connectivity index (χ4v) is 2.51. The Morgan fingerprint density at radius 2 is 2.00 bits per heavy atom. The Hall–Kier alpha value is -1.68. The number of aromatic nitrogens is 1. The standard InChI is InChI=1S/C14H15NO2S/c1-9(2)10-3-5-11(6-4-10)14-15-12(8-18-14)7-13(16)17/h3-6,8-9H,7H2,1-2H3,(H,16,17)/p-1. The molecule has 1 aromatic heterocycles. The van der Waals surface area contributed by atoms with Crippen LogP contribution in [0.1, 0.15) is 31.0 Å². The number of benzene rings is 1. The van der Waals surface area contributed by atoms with Gasteiger partial charge in [0, 0.05) is 23.3 Å². The molecule has 0 radical (unpaired) electrons. The molecule has 94 valence electrons. The Bertz CT molecular complexity index is 543. The van der Waals surface area contributed by atoms with Gasteiger partial charge >= 0.3 is 0 Å². The summed E-state index contributed by atoms with van der Waals surface area (Å²) in [5.41, 5.74) is 2.86. The van der Waals surface area contributed by atoms with Gasteiger partial charge in [-0.25, -0.2) is 4.98 Å². The van der Waals surface area contributed by atoms with Crippen molar-refractivity contribution in [3.8, 4) is 10.6 Å². The van der Waals surface area contributed by atoms with E-state index in [4.69, 9.17) is 0 Å². The minimum Gasteiger partial charge on any atom is -0.550 e. The lowest BCUT2D eigenvalue weighted by molar-refractivity contribution is -0.304. The van der Waals surface area contributed by atoms with Crippen molar-refractivity contribution in [2.24, 2.45) is 0 Å². The lowest BCUT2D eigenvalue weighted by Crippen LogP contribution is -2.24. The molecule has 0 saturated carbocycles. The largest absolute Gasteiger partial charge is 0.550 e. The third kappa shape index (κ3) is 2.96. The number of carboxylic acid groups (broad SMARTS) is 1. The van der Waals surface area contributed by atoms with E-state index in [9.17, 15) is 9.90 Å². The Kier molecular flexibility index (Phi) is 3.77. The van der Waals surface area contributed by atoms with E-state index < -0.39 is 5.97 Å². The van der Waals surface area contributed by atoms with Gasteiger partial charge in [0.05, 0.1) is 5.69 Å². The molecule has 0 atom stereocenters. The molecular weight excluding hydrogens is 246 g/mol. The van der Waals surface area contributed by atoms with Crippen molar-refractivity contribution in [1.82, 2.24) is 4.98 Å². The van der Waals surface area contributed by atoms with Crippen LogP contribution in [0.25, 0.3) is 10.6 Å². The number of hydrogen-bond acceptors (Lipinski definition) is 4. The summed E-state index contributed by atoms with van der Waals surface area (Å²) in [5, 5.41) is 13.1. The van der Waals surface area contributed by atoms with Gasteiger partial charge in [0.25, 0.3) is 0 Å². The molecule has 0 bridgehead atoms. The Labute approximate surface area is 110 Å². The molecule has 0 spiro atoms. The number of carbonyl (C=O) groups is 1. The number of thiazole rings is 1. The second-order valence-electron chi connectivity index (χ2n) is 4.47. The first-order valence-electron chi connectivity index (χ1n) is 5.81. The first-order chi connectivity index (χ1) is 8.56. The molecule has 0 amide bonds. The third-order valence-electron chi connectivity index (χ3n) is 2.70. The molecule has 4 heteroatoms. The van der Waals surface area contributed by atoms with E-state index in [0.29, 0.717) is 11.6 Å². The highest BCUT2D eigenvalue weighted by Crippen LogP contribution is 2.25. The summed E-state index contributed by atoms with van der Waals surface area (Å²) in [6.45, 7) is 4.30. The van der Waals surface area contributed by atoms with E-state index in [-0.39, 0.29) is 6.42 Å². The summed E-state index contributed by atoms with van der Waals surface area (Å²) in [4.78, 5) is 14.8. The first kappa shape index (κ1) is 12.8. The predicted octanol–water partition coefficient (Wildman–Crippen LogP) is 2.23. The number of hydrogen-bond donors (Lipinski definition) is 0. The Morgan fingerprint density at radius 3 is 2.56 bits per heavy atom. The fraction of sp³-hybridized carbons (Fsp3) is 0.286. The number of nitrogens with zero attached hydrogens (tertiary/aromatic N) is 1. The minimum absolute atomic E-state index is 0.124. The molecule has 0 N–H and O–H groups in total. The molecule has 1 heterocycles. The van der Waals surface area contributed by atoms with Gasteiger partial charge in [-0.3, -0.25) is 0 Å². The van der Waals surface area contributed by atoms with Crippen molar-refractivity contribution >= 4 is 17.3 Å². The zero-order valence-corrected chi connectivity index (χ0v) is 11.2. The molecule has 0 aliphatic rings. The van der Waals surface area contributed by atoms with Gasteiger partial charge in [-0.15, -0.1) is 11.3 Å². The second-order valence-corrected chi connectivity index (χ2v) is 5.33. The number of carboxylic acids is 1. The van der Waals surface area contributed by atoms with Crippen molar-refractivity contribution < 1.29 is 9.90 Å². The highest BCUT2D eigenvalue weighted by atomic mass is 32.1. The quantitative estimate of drug-likeness (QED) is 0.847. The summed E-state index contributed by atoms with van der Waals surface area (Å²) < 4.78 is 0. The summed E-state index contributed by atoms with van der Waals surface area (Å²) >= 11 is 1.46. The maximum atomic E-state index is 10.5. The number of carbonyl (C=O) groups excluding carboxylic acids is 1. The molecule has 0 unspecified atom stereocenters. The highest BCUT2D eigenvalue weighted by molar-refractivity contribution is 7.13. The van der Waals surface area contributed by atoms with Crippen LogP contribution in [0.5, 0.6) is 0 Å². The van der Waals surface area contributed by atoms with Gasteiger partial charge in [-0.1, -0.05) is 38.1 Å². The molecule has 2 aromatic rings. The van der Waals surface area contributed by atoms with E-state index in [2.05, 4.69) is 31.0 Å². The molecule has 0 saturated heterocycles. The Balaban J connectivity index is 2.20. The molecule has 2 rings (SSSR count). The SMILES string of the molecule is CC(C)c1ccc(-c2nc(CC(=O)[O-])cs2)cc1. The monoisotopic (exact) mass is 260 g/mol. The van der Waals surface area contributed by atoms with Crippen molar-refractivity contribution in [3.05, 3.63) is 40.9 Å². The van der Waals surface area contributed by atoms with Gasteiger partial charge < -0.3 is 9.90 Å². The maximum Gasteiger partial charge on any atom is 0.123 e. The van der Waals surface area contributed by atoms with Crippen LogP contribution in [0.4, 0.5) is 0 Å². The van der Waals surface area contributed by atoms with E-state index in [1.165, 1.54) is 16.9 Å². The van der Waals surface area contributed by atoms with Crippen LogP contribution in [0, 0.1) is 0 Å². The van der Waals surface area contributed by atoms with Crippen LogP contribution in [0.3, 0.4) is 0 Å². The summed E-state index contributed by atoms with van der Waals surface area (Å²) in [6.07, 6.45) is -0.124. The molecule has 1 aromatic carbocycles. The molecular formula is C14H14NO2S-. The predicted molar refractivity (Wildman–Crippen MR) is 70.4 cm³/mol. The van der Waals surface area contributed by atoms with E-state index >= 15 is 0 Å². The lowest BCUT2D eigenvalue weighted by Gasteiger charge is -2.05. The van der Waals surface area contributed by atoms with Gasteiger partial charge in [0.1, 0.15) is 5.01 Å². The van der Waals surface area contributed by atoms with E-state index in [1.54, 1.807) is 5.38 Å². The van der Waals surface area contributed by atoms with Crippen LogP contribution in [0.2, 0.25) is 0 Å². The zero-order valence-electron chi connectivity index (χ0n) is 10.3. The Morgan fingerprint density at radius 1 is 1.33 bits per heavy atom. The van der Waals surface area contributed by atoms with Crippen molar-refractivity contribution in [2.45, 2.75) is 26.2 Å². The van der Waals surface area contributed by atoms with Crippen LogP contribution >= 0.6 is 11.3 Å². The van der Waals surface area contributed by atoms with Crippen molar-refractivity contribution in [2.75, 3.05) is 0 Å². The van der Waals surface area contributed by atoms with Crippen LogP contribution in [-0.4, -0.2) is 11.0 Å². The van der Waals surface area contributed by atoms with E-state index in [0.717, 1.165) is 10.6 Å². The summed E-state index contributed by atoms with van der Waals surface area (Å²) in [7, 11) is 0. The molecule has 0 fully saturated rings. The number of rotatable bonds is 4.